The minimum atomic E-state index is -0.170. The molecule has 1 aliphatic heterocycles. The third-order valence-electron chi connectivity index (χ3n) is 5.57. The van der Waals surface area contributed by atoms with Crippen LogP contribution in [0.4, 0.5) is 0 Å². The highest BCUT2D eigenvalue weighted by Crippen LogP contribution is 2.45. The Hall–Kier alpha value is -2.63. The highest BCUT2D eigenvalue weighted by molar-refractivity contribution is 6.04. The Labute approximate surface area is 146 Å². The molecule has 1 fully saturated rings. The van der Waals surface area contributed by atoms with Crippen LogP contribution in [0.5, 0.6) is 0 Å². The number of piperidine rings is 1. The zero-order chi connectivity index (χ0) is 17.4. The van der Waals surface area contributed by atoms with Crippen LogP contribution in [0, 0.1) is 5.41 Å². The molecule has 1 aliphatic carbocycles. The van der Waals surface area contributed by atoms with Crippen molar-refractivity contribution < 1.29 is 9.59 Å². The first kappa shape index (κ1) is 15.9. The Bertz CT molecular complexity index is 869. The zero-order valence-corrected chi connectivity index (χ0v) is 14.3. The molecular weight excluding hydrogens is 316 g/mol. The van der Waals surface area contributed by atoms with Crippen LogP contribution < -0.4 is 5.32 Å². The predicted octanol–water partition coefficient (Wildman–Crippen LogP) is 2.60. The van der Waals surface area contributed by atoms with Crippen molar-refractivity contribution in [3.05, 3.63) is 41.7 Å². The van der Waals surface area contributed by atoms with Crippen LogP contribution >= 0.6 is 0 Å². The minimum Gasteiger partial charge on any atom is -0.350 e. The number of aromatic amines is 1. The van der Waals surface area contributed by atoms with Gasteiger partial charge in [0.25, 0.3) is 5.91 Å². The first-order valence-corrected chi connectivity index (χ1v) is 8.79. The number of amides is 2. The van der Waals surface area contributed by atoms with E-state index in [9.17, 15) is 9.59 Å². The average Bonchev–Trinajstić information content (AvgIpc) is 3.07. The highest BCUT2D eigenvalue weighted by atomic mass is 16.2. The van der Waals surface area contributed by atoms with Crippen molar-refractivity contribution in [1.82, 2.24) is 20.4 Å². The minimum absolute atomic E-state index is 0.136. The van der Waals surface area contributed by atoms with Gasteiger partial charge in [0.15, 0.2) is 5.69 Å². The lowest BCUT2D eigenvalue weighted by Crippen LogP contribution is -2.49. The molecule has 0 bridgehead atoms. The average molecular weight is 338 g/mol. The number of hydrogen-bond acceptors (Lipinski definition) is 3. The number of likely N-dealkylation sites (tertiary alicyclic amines) is 1. The standard InChI is InChI=1S/C19H22N4O2/c1-23-15-8-4-5-10-19(15,11-9-16(23)24)12-20-18(25)17-13-6-2-3-7-14(13)21-22-17/h2-3,6-8H,4-5,9-12H2,1H3,(H,20,25)(H,21,22). The van der Waals surface area contributed by atoms with Gasteiger partial charge in [-0.05, 0) is 31.7 Å². The second-order valence-electron chi connectivity index (χ2n) is 7.02. The van der Waals surface area contributed by atoms with Crippen LogP contribution in [0.3, 0.4) is 0 Å². The van der Waals surface area contributed by atoms with E-state index < -0.39 is 0 Å². The number of carbonyl (C=O) groups excluding carboxylic acids is 2. The molecule has 4 rings (SSSR count). The second kappa shape index (κ2) is 6.02. The van der Waals surface area contributed by atoms with Gasteiger partial charge in [0.05, 0.1) is 5.52 Å². The van der Waals surface area contributed by atoms with Crippen LogP contribution in [-0.4, -0.2) is 40.5 Å². The molecule has 6 heteroatoms. The molecule has 2 N–H and O–H groups in total. The topological polar surface area (TPSA) is 78.1 Å². The van der Waals surface area contributed by atoms with Crippen LogP contribution in [0.1, 0.15) is 42.6 Å². The van der Waals surface area contributed by atoms with Gasteiger partial charge < -0.3 is 10.2 Å². The van der Waals surface area contributed by atoms with Gasteiger partial charge in [-0.25, -0.2) is 0 Å². The van der Waals surface area contributed by atoms with E-state index in [0.29, 0.717) is 18.7 Å². The van der Waals surface area contributed by atoms with Crippen LogP contribution in [0.2, 0.25) is 0 Å². The molecule has 1 aromatic heterocycles. The van der Waals surface area contributed by atoms with E-state index in [1.54, 1.807) is 4.90 Å². The van der Waals surface area contributed by atoms with Crippen molar-refractivity contribution >= 4 is 22.7 Å². The smallest absolute Gasteiger partial charge is 0.272 e. The van der Waals surface area contributed by atoms with E-state index in [2.05, 4.69) is 21.6 Å². The lowest BCUT2D eigenvalue weighted by molar-refractivity contribution is -0.132. The number of benzene rings is 1. The summed E-state index contributed by atoms with van der Waals surface area (Å²) in [5.41, 5.74) is 2.21. The highest BCUT2D eigenvalue weighted by Gasteiger charge is 2.43. The van der Waals surface area contributed by atoms with Gasteiger partial charge in [0.2, 0.25) is 5.91 Å². The first-order chi connectivity index (χ1) is 12.1. The Morgan fingerprint density at radius 1 is 1.36 bits per heavy atom. The van der Waals surface area contributed by atoms with Crippen molar-refractivity contribution in [2.45, 2.75) is 32.1 Å². The van der Waals surface area contributed by atoms with E-state index >= 15 is 0 Å². The van der Waals surface area contributed by atoms with Gasteiger partial charge in [-0.1, -0.05) is 24.3 Å². The molecule has 0 spiro atoms. The van der Waals surface area contributed by atoms with E-state index in [-0.39, 0.29) is 17.2 Å². The summed E-state index contributed by atoms with van der Waals surface area (Å²) in [6.45, 7) is 0.538. The van der Waals surface area contributed by atoms with E-state index in [1.165, 1.54) is 0 Å². The van der Waals surface area contributed by atoms with Crippen LogP contribution in [0.25, 0.3) is 10.9 Å². The molecule has 130 valence electrons. The molecular formula is C19H22N4O2. The monoisotopic (exact) mass is 338 g/mol. The van der Waals surface area contributed by atoms with E-state index in [0.717, 1.165) is 42.3 Å². The number of allylic oxidation sites excluding steroid dienone is 1. The number of rotatable bonds is 3. The second-order valence-corrected chi connectivity index (χ2v) is 7.02. The fraction of sp³-hybridized carbons (Fsp3) is 0.421. The molecule has 25 heavy (non-hydrogen) atoms. The van der Waals surface area contributed by atoms with Gasteiger partial charge in [-0.3, -0.25) is 14.7 Å². The van der Waals surface area contributed by atoms with Crippen molar-refractivity contribution in [3.8, 4) is 0 Å². The van der Waals surface area contributed by atoms with Crippen molar-refractivity contribution in [3.63, 3.8) is 0 Å². The summed E-state index contributed by atoms with van der Waals surface area (Å²) in [5, 5.41) is 11.0. The molecule has 1 atom stereocenters. The molecule has 2 aromatic rings. The maximum absolute atomic E-state index is 12.7. The number of hydrogen-bond donors (Lipinski definition) is 2. The zero-order valence-electron chi connectivity index (χ0n) is 14.3. The van der Waals surface area contributed by atoms with Crippen LogP contribution in [0.15, 0.2) is 36.0 Å². The lowest BCUT2D eigenvalue weighted by atomic mass is 9.70. The molecule has 6 nitrogen and oxygen atoms in total. The van der Waals surface area contributed by atoms with Crippen molar-refractivity contribution in [2.24, 2.45) is 5.41 Å². The molecule has 2 aliphatic rings. The fourth-order valence-electron chi connectivity index (χ4n) is 4.15. The quantitative estimate of drug-likeness (QED) is 0.903. The fourth-order valence-corrected chi connectivity index (χ4v) is 4.15. The molecule has 0 saturated carbocycles. The van der Waals surface area contributed by atoms with Gasteiger partial charge in [0.1, 0.15) is 0 Å². The van der Waals surface area contributed by atoms with Crippen molar-refractivity contribution in [1.29, 1.82) is 0 Å². The van der Waals surface area contributed by atoms with Crippen molar-refractivity contribution in [2.75, 3.05) is 13.6 Å². The van der Waals surface area contributed by atoms with E-state index in [4.69, 9.17) is 0 Å². The molecule has 2 amide bonds. The Morgan fingerprint density at radius 3 is 3.08 bits per heavy atom. The summed E-state index contributed by atoms with van der Waals surface area (Å²) in [4.78, 5) is 26.5. The number of aromatic nitrogens is 2. The largest absolute Gasteiger partial charge is 0.350 e. The summed E-state index contributed by atoms with van der Waals surface area (Å²) in [7, 11) is 1.84. The number of fused-ring (bicyclic) bond motifs is 2. The summed E-state index contributed by atoms with van der Waals surface area (Å²) < 4.78 is 0. The van der Waals surface area contributed by atoms with Gasteiger partial charge in [-0.15, -0.1) is 0 Å². The Kier molecular flexibility index (Phi) is 3.82. The van der Waals surface area contributed by atoms with Gasteiger partial charge in [-0.2, -0.15) is 5.10 Å². The third kappa shape index (κ3) is 2.62. The molecule has 1 aromatic carbocycles. The summed E-state index contributed by atoms with van der Waals surface area (Å²) in [5.74, 6) is -0.00954. The summed E-state index contributed by atoms with van der Waals surface area (Å²) in [6, 6.07) is 7.61. The number of carbonyl (C=O) groups is 2. The number of nitrogens with zero attached hydrogens (tertiary/aromatic N) is 2. The third-order valence-corrected chi connectivity index (χ3v) is 5.57. The van der Waals surface area contributed by atoms with Crippen LogP contribution in [-0.2, 0) is 4.79 Å². The molecule has 1 saturated heterocycles. The predicted molar refractivity (Wildman–Crippen MR) is 94.8 cm³/mol. The maximum Gasteiger partial charge on any atom is 0.272 e. The Morgan fingerprint density at radius 2 is 2.20 bits per heavy atom. The maximum atomic E-state index is 12.7. The molecule has 0 radical (unpaired) electrons. The lowest BCUT2D eigenvalue weighted by Gasteiger charge is -2.46. The Balaban J connectivity index is 1.55. The number of H-pyrrole nitrogens is 1. The SMILES string of the molecule is CN1C(=O)CCC2(CNC(=O)c3n[nH]c4ccccc34)CCCC=C12. The van der Waals surface area contributed by atoms with Gasteiger partial charge >= 0.3 is 0 Å². The summed E-state index contributed by atoms with van der Waals surface area (Å²) in [6.07, 6.45) is 6.58. The summed E-state index contributed by atoms with van der Waals surface area (Å²) >= 11 is 0. The normalized spacial score (nSPS) is 23.3. The molecule has 2 heterocycles. The first-order valence-electron chi connectivity index (χ1n) is 8.79. The number of para-hydroxylation sites is 1. The van der Waals surface area contributed by atoms with Gasteiger partial charge in [0, 0.05) is 36.5 Å². The van der Waals surface area contributed by atoms with E-state index in [1.807, 2.05) is 31.3 Å². The molecule has 1 unspecified atom stereocenters. The number of nitrogens with one attached hydrogen (secondary N) is 2.